The van der Waals surface area contributed by atoms with Crippen molar-refractivity contribution in [3.05, 3.63) is 58.2 Å². The molecule has 30 heavy (non-hydrogen) atoms. The first-order chi connectivity index (χ1) is 14.5. The number of rotatable bonds is 3. The van der Waals surface area contributed by atoms with Gasteiger partial charge in [0.05, 0.1) is 11.7 Å². The van der Waals surface area contributed by atoms with Crippen LogP contribution in [0.2, 0.25) is 0 Å². The van der Waals surface area contributed by atoms with Gasteiger partial charge >= 0.3 is 0 Å². The summed E-state index contributed by atoms with van der Waals surface area (Å²) >= 11 is 0. The Morgan fingerprint density at radius 3 is 2.57 bits per heavy atom. The maximum atomic E-state index is 12.5. The zero-order chi connectivity index (χ0) is 20.8. The van der Waals surface area contributed by atoms with Crippen molar-refractivity contribution >= 4 is 11.5 Å². The van der Waals surface area contributed by atoms with Crippen molar-refractivity contribution in [1.82, 2.24) is 39.1 Å². The molecule has 0 saturated carbocycles. The van der Waals surface area contributed by atoms with Crippen LogP contribution in [-0.4, -0.2) is 52.2 Å². The van der Waals surface area contributed by atoms with E-state index in [9.17, 15) is 4.79 Å². The summed E-state index contributed by atoms with van der Waals surface area (Å²) in [5.41, 5.74) is 2.58. The Morgan fingerprint density at radius 1 is 1.03 bits per heavy atom. The number of aryl methyl sites for hydroxylation is 3. The molecular weight excluding hydrogens is 382 g/mol. The van der Waals surface area contributed by atoms with Crippen LogP contribution in [0, 0.1) is 20.8 Å². The molecule has 0 spiro atoms. The van der Waals surface area contributed by atoms with E-state index in [0.29, 0.717) is 5.82 Å². The van der Waals surface area contributed by atoms with E-state index in [-0.39, 0.29) is 11.6 Å². The average molecular weight is 405 g/mol. The molecule has 4 aromatic rings. The maximum Gasteiger partial charge on any atom is 0.267 e. The minimum atomic E-state index is -0.0907. The second-order valence-corrected chi connectivity index (χ2v) is 7.72. The predicted molar refractivity (Wildman–Crippen MR) is 111 cm³/mol. The Balaban J connectivity index is 1.40. The summed E-state index contributed by atoms with van der Waals surface area (Å²) in [6, 6.07) is 5.33. The van der Waals surface area contributed by atoms with Crippen molar-refractivity contribution in [2.75, 3.05) is 18.0 Å². The summed E-state index contributed by atoms with van der Waals surface area (Å²) in [4.78, 5) is 19.3. The molecule has 1 aliphatic rings. The molecular formula is C20H23N9O. The third-order valence-electron chi connectivity index (χ3n) is 5.63. The lowest BCUT2D eigenvalue weighted by atomic mass is 10.1. The number of aromatic nitrogens is 8. The van der Waals surface area contributed by atoms with Gasteiger partial charge in [-0.25, -0.2) is 14.3 Å². The number of hydrogen-bond acceptors (Lipinski definition) is 7. The molecule has 10 nitrogen and oxygen atoms in total. The van der Waals surface area contributed by atoms with Crippen LogP contribution in [0.5, 0.6) is 0 Å². The quantitative estimate of drug-likeness (QED) is 0.511. The Bertz CT molecular complexity index is 1280. The smallest absolute Gasteiger partial charge is 0.267 e. The largest absolute Gasteiger partial charge is 0.353 e. The highest BCUT2D eigenvalue weighted by Gasteiger charge is 2.25. The monoisotopic (exact) mass is 405 g/mol. The van der Waals surface area contributed by atoms with Gasteiger partial charge in [0.2, 0.25) is 5.65 Å². The van der Waals surface area contributed by atoms with E-state index in [1.54, 1.807) is 27.7 Å². The van der Waals surface area contributed by atoms with E-state index in [2.05, 4.69) is 30.3 Å². The van der Waals surface area contributed by atoms with Crippen LogP contribution in [-0.2, 0) is 0 Å². The maximum absolute atomic E-state index is 12.5. The van der Waals surface area contributed by atoms with Gasteiger partial charge in [0.15, 0.2) is 11.6 Å². The molecule has 0 radical (unpaired) electrons. The number of piperidine rings is 1. The van der Waals surface area contributed by atoms with Crippen LogP contribution in [0.1, 0.15) is 36.1 Å². The molecule has 0 amide bonds. The van der Waals surface area contributed by atoms with E-state index in [1.807, 2.05) is 37.4 Å². The third kappa shape index (κ3) is 3.04. The van der Waals surface area contributed by atoms with Crippen LogP contribution in [0.25, 0.3) is 11.5 Å². The normalized spacial score (nSPS) is 15.2. The molecule has 1 saturated heterocycles. The molecule has 5 rings (SSSR count). The zero-order valence-electron chi connectivity index (χ0n) is 17.2. The minimum Gasteiger partial charge on any atom is -0.353 e. The summed E-state index contributed by atoms with van der Waals surface area (Å²) in [5.74, 6) is 2.32. The van der Waals surface area contributed by atoms with Crippen molar-refractivity contribution < 1.29 is 0 Å². The van der Waals surface area contributed by atoms with Gasteiger partial charge in [-0.3, -0.25) is 9.20 Å². The van der Waals surface area contributed by atoms with Crippen LogP contribution >= 0.6 is 0 Å². The van der Waals surface area contributed by atoms with Crippen LogP contribution in [0.15, 0.2) is 35.4 Å². The molecule has 10 heteroatoms. The van der Waals surface area contributed by atoms with Gasteiger partial charge in [-0.2, -0.15) is 5.10 Å². The first-order valence-corrected chi connectivity index (χ1v) is 10.1. The Labute approximate surface area is 172 Å². The fraction of sp³-hybridized carbons (Fsp3) is 0.400. The molecule has 0 unspecified atom stereocenters. The minimum absolute atomic E-state index is 0.0324. The fourth-order valence-corrected chi connectivity index (χ4v) is 4.12. The molecule has 0 atom stereocenters. The molecule has 154 valence electrons. The highest BCUT2D eigenvalue weighted by molar-refractivity contribution is 5.63. The summed E-state index contributed by atoms with van der Waals surface area (Å²) in [7, 11) is 0. The Kier molecular flexibility index (Phi) is 4.34. The summed E-state index contributed by atoms with van der Waals surface area (Å²) in [5, 5.41) is 17.5. The zero-order valence-corrected chi connectivity index (χ0v) is 17.2. The van der Waals surface area contributed by atoms with Crippen molar-refractivity contribution in [2.45, 2.75) is 39.7 Å². The molecule has 1 fully saturated rings. The first-order valence-electron chi connectivity index (χ1n) is 10.1. The van der Waals surface area contributed by atoms with Gasteiger partial charge in [-0.05, 0) is 45.7 Å². The molecule has 5 heterocycles. The lowest BCUT2D eigenvalue weighted by Crippen LogP contribution is -2.39. The number of fused-ring (bicyclic) bond motifs is 1. The standard InChI is InChI=1S/C20H23N9O/c1-13-12-14(2)28(24-13)17-4-5-18(30)29(25-17)16-6-9-26(10-7-16)19-20-23-22-15(3)27(20)11-8-21-19/h4-5,8,11-12,16H,6-7,9-10H2,1-3H3. The second kappa shape index (κ2) is 7.05. The van der Waals surface area contributed by atoms with Crippen molar-refractivity contribution in [3.8, 4) is 5.82 Å². The lowest BCUT2D eigenvalue weighted by Gasteiger charge is -2.33. The van der Waals surface area contributed by atoms with Gasteiger partial charge in [-0.15, -0.1) is 15.3 Å². The number of anilines is 1. The molecule has 0 N–H and O–H groups in total. The molecule has 0 bridgehead atoms. The van der Waals surface area contributed by atoms with E-state index in [0.717, 1.165) is 54.6 Å². The average Bonchev–Trinajstić information content (AvgIpc) is 3.30. The van der Waals surface area contributed by atoms with E-state index < -0.39 is 0 Å². The number of nitrogens with zero attached hydrogens (tertiary/aromatic N) is 9. The summed E-state index contributed by atoms with van der Waals surface area (Å²) in [6.07, 6.45) is 5.23. The topological polar surface area (TPSA) is 99.0 Å². The van der Waals surface area contributed by atoms with Crippen molar-refractivity contribution in [3.63, 3.8) is 0 Å². The molecule has 1 aliphatic heterocycles. The highest BCUT2D eigenvalue weighted by atomic mass is 16.1. The fourth-order valence-electron chi connectivity index (χ4n) is 4.12. The molecule has 4 aromatic heterocycles. The number of hydrogen-bond donors (Lipinski definition) is 0. The van der Waals surface area contributed by atoms with E-state index in [1.165, 1.54) is 0 Å². The summed E-state index contributed by atoms with van der Waals surface area (Å²) in [6.45, 7) is 7.38. The Hall–Kier alpha value is -3.56. The van der Waals surface area contributed by atoms with Gasteiger partial charge in [0.25, 0.3) is 5.56 Å². The van der Waals surface area contributed by atoms with E-state index >= 15 is 0 Å². The van der Waals surface area contributed by atoms with Crippen LogP contribution < -0.4 is 10.5 Å². The van der Waals surface area contributed by atoms with Crippen molar-refractivity contribution in [1.29, 1.82) is 0 Å². The highest BCUT2D eigenvalue weighted by Crippen LogP contribution is 2.26. The van der Waals surface area contributed by atoms with Crippen LogP contribution in [0.3, 0.4) is 0 Å². The van der Waals surface area contributed by atoms with E-state index in [4.69, 9.17) is 0 Å². The first kappa shape index (κ1) is 18.5. The second-order valence-electron chi connectivity index (χ2n) is 7.72. The third-order valence-corrected chi connectivity index (χ3v) is 5.63. The Morgan fingerprint density at radius 2 is 1.83 bits per heavy atom. The molecule has 0 aromatic carbocycles. The van der Waals surface area contributed by atoms with Gasteiger partial charge < -0.3 is 4.90 Å². The SMILES string of the molecule is Cc1cc(C)n(-c2ccc(=O)n(C3CCN(c4nccn5c(C)nnc45)CC3)n2)n1. The van der Waals surface area contributed by atoms with Crippen molar-refractivity contribution in [2.24, 2.45) is 0 Å². The van der Waals surface area contributed by atoms with Gasteiger partial charge in [-0.1, -0.05) is 0 Å². The lowest BCUT2D eigenvalue weighted by molar-refractivity contribution is 0.351. The summed E-state index contributed by atoms with van der Waals surface area (Å²) < 4.78 is 5.33. The van der Waals surface area contributed by atoms with Gasteiger partial charge in [0.1, 0.15) is 5.82 Å². The van der Waals surface area contributed by atoms with Crippen LogP contribution in [0.4, 0.5) is 5.82 Å². The molecule has 0 aliphatic carbocycles. The van der Waals surface area contributed by atoms with Gasteiger partial charge in [0, 0.05) is 37.2 Å². The predicted octanol–water partition coefficient (Wildman–Crippen LogP) is 1.63.